The van der Waals surface area contributed by atoms with Gasteiger partial charge in [0.2, 0.25) is 0 Å². The van der Waals surface area contributed by atoms with Gasteiger partial charge in [-0.25, -0.2) is 4.72 Å². The Morgan fingerprint density at radius 1 is 1.39 bits per heavy atom. The van der Waals surface area contributed by atoms with E-state index in [1.807, 2.05) is 25.9 Å². The van der Waals surface area contributed by atoms with Gasteiger partial charge in [0.1, 0.15) is 0 Å². The summed E-state index contributed by atoms with van der Waals surface area (Å²) in [7, 11) is 0.476. The molecule has 1 rings (SSSR count). The molecule has 6 nitrogen and oxygen atoms in total. The van der Waals surface area contributed by atoms with Crippen LogP contribution in [-0.2, 0) is 10.2 Å². The van der Waals surface area contributed by atoms with Crippen LogP contribution in [-0.4, -0.2) is 69.1 Å². The molecule has 0 radical (unpaired) electrons. The Morgan fingerprint density at radius 3 is 2.39 bits per heavy atom. The van der Waals surface area contributed by atoms with Crippen molar-refractivity contribution < 1.29 is 13.5 Å². The summed E-state index contributed by atoms with van der Waals surface area (Å²) in [5, 5.41) is 9.03. The van der Waals surface area contributed by atoms with Crippen LogP contribution in [0.25, 0.3) is 0 Å². The zero-order valence-corrected chi connectivity index (χ0v) is 12.3. The number of hydrogen-bond donors (Lipinski definition) is 2. The Morgan fingerprint density at radius 2 is 1.94 bits per heavy atom. The number of nitrogens with zero attached hydrogens (tertiary/aromatic N) is 2. The van der Waals surface area contributed by atoms with E-state index >= 15 is 0 Å². The lowest BCUT2D eigenvalue weighted by atomic mass is 10.00. The van der Waals surface area contributed by atoms with Gasteiger partial charge in [-0.1, -0.05) is 0 Å². The van der Waals surface area contributed by atoms with Crippen molar-refractivity contribution in [1.82, 2.24) is 13.9 Å². The van der Waals surface area contributed by atoms with Gasteiger partial charge in [-0.3, -0.25) is 0 Å². The number of rotatable bonds is 6. The van der Waals surface area contributed by atoms with Gasteiger partial charge in [-0.2, -0.15) is 12.7 Å². The van der Waals surface area contributed by atoms with E-state index in [0.29, 0.717) is 19.6 Å². The molecular formula is C11H25N3O3S. The van der Waals surface area contributed by atoms with Crippen molar-refractivity contribution in [2.24, 2.45) is 5.92 Å². The molecule has 1 saturated heterocycles. The van der Waals surface area contributed by atoms with Crippen LogP contribution < -0.4 is 4.72 Å². The van der Waals surface area contributed by atoms with Gasteiger partial charge in [0.15, 0.2) is 0 Å². The number of nitrogens with one attached hydrogen (secondary N) is 1. The quantitative estimate of drug-likeness (QED) is 0.686. The van der Waals surface area contributed by atoms with Gasteiger partial charge in [0.05, 0.1) is 0 Å². The number of hydrogen-bond acceptors (Lipinski definition) is 4. The standard InChI is InChI=1S/C11H25N3O3S/c1-10(13(2)3)8-12-18(16,17)14-6-4-11(9-15)5-7-14/h10-12,15H,4-9H2,1-3H3. The van der Waals surface area contributed by atoms with Crippen LogP contribution in [0.3, 0.4) is 0 Å². The normalized spacial score (nSPS) is 21.4. The van der Waals surface area contributed by atoms with Crippen molar-refractivity contribution >= 4 is 10.2 Å². The van der Waals surface area contributed by atoms with Crippen molar-refractivity contribution in [3.63, 3.8) is 0 Å². The first kappa shape index (κ1) is 15.8. The van der Waals surface area contributed by atoms with E-state index < -0.39 is 10.2 Å². The number of aliphatic hydroxyl groups is 1. The molecule has 1 fully saturated rings. The smallest absolute Gasteiger partial charge is 0.279 e. The molecular weight excluding hydrogens is 254 g/mol. The molecule has 1 aliphatic heterocycles. The van der Waals surface area contributed by atoms with Crippen molar-refractivity contribution in [2.75, 3.05) is 40.3 Å². The third-order valence-corrected chi connectivity index (χ3v) is 5.19. The number of piperidine rings is 1. The van der Waals surface area contributed by atoms with Crippen LogP contribution >= 0.6 is 0 Å². The molecule has 1 heterocycles. The molecule has 7 heteroatoms. The Kier molecular flexibility index (Phi) is 6.00. The van der Waals surface area contributed by atoms with Crippen LogP contribution in [0.1, 0.15) is 19.8 Å². The van der Waals surface area contributed by atoms with Gasteiger partial charge < -0.3 is 10.0 Å². The fraction of sp³-hybridized carbons (Fsp3) is 1.00. The second-order valence-corrected chi connectivity index (χ2v) is 6.95. The fourth-order valence-corrected chi connectivity index (χ4v) is 3.16. The highest BCUT2D eigenvalue weighted by atomic mass is 32.2. The van der Waals surface area contributed by atoms with Crippen LogP contribution in [0.5, 0.6) is 0 Å². The van der Waals surface area contributed by atoms with E-state index in [1.165, 1.54) is 4.31 Å². The second kappa shape index (κ2) is 6.81. The monoisotopic (exact) mass is 279 g/mol. The zero-order chi connectivity index (χ0) is 13.8. The molecule has 1 aliphatic rings. The maximum atomic E-state index is 12.0. The Labute approximate surface area is 110 Å². The highest BCUT2D eigenvalue weighted by molar-refractivity contribution is 7.87. The molecule has 0 bridgehead atoms. The molecule has 1 unspecified atom stereocenters. The average Bonchev–Trinajstić information content (AvgIpc) is 2.36. The average molecular weight is 279 g/mol. The highest BCUT2D eigenvalue weighted by Gasteiger charge is 2.27. The predicted molar refractivity (Wildman–Crippen MR) is 71.5 cm³/mol. The molecule has 0 spiro atoms. The minimum atomic E-state index is -3.37. The first-order chi connectivity index (χ1) is 8.36. The molecule has 0 aliphatic carbocycles. The van der Waals surface area contributed by atoms with Crippen LogP contribution in [0.15, 0.2) is 0 Å². The van der Waals surface area contributed by atoms with E-state index in [1.54, 1.807) is 0 Å². The molecule has 2 N–H and O–H groups in total. The van der Waals surface area contributed by atoms with Crippen LogP contribution in [0, 0.1) is 5.92 Å². The van der Waals surface area contributed by atoms with E-state index in [4.69, 9.17) is 5.11 Å². The number of aliphatic hydroxyl groups excluding tert-OH is 1. The third kappa shape index (κ3) is 4.47. The summed E-state index contributed by atoms with van der Waals surface area (Å²) < 4.78 is 28.2. The first-order valence-corrected chi connectivity index (χ1v) is 7.83. The maximum Gasteiger partial charge on any atom is 0.279 e. The maximum absolute atomic E-state index is 12.0. The van der Waals surface area contributed by atoms with E-state index in [2.05, 4.69) is 4.72 Å². The van der Waals surface area contributed by atoms with Crippen LogP contribution in [0.4, 0.5) is 0 Å². The van der Waals surface area contributed by atoms with Gasteiger partial charge in [0, 0.05) is 32.3 Å². The molecule has 0 saturated carbocycles. The predicted octanol–water partition coefficient (Wildman–Crippen LogP) is -0.525. The lowest BCUT2D eigenvalue weighted by Crippen LogP contribution is -2.48. The Hall–Kier alpha value is -0.210. The van der Waals surface area contributed by atoms with Crippen molar-refractivity contribution in [3.05, 3.63) is 0 Å². The van der Waals surface area contributed by atoms with E-state index in [0.717, 1.165) is 12.8 Å². The van der Waals surface area contributed by atoms with Crippen LogP contribution in [0.2, 0.25) is 0 Å². The summed E-state index contributed by atoms with van der Waals surface area (Å²) in [6.07, 6.45) is 1.47. The Bertz CT molecular complexity index is 337. The van der Waals surface area contributed by atoms with E-state index in [9.17, 15) is 8.42 Å². The highest BCUT2D eigenvalue weighted by Crippen LogP contribution is 2.18. The summed E-state index contributed by atoms with van der Waals surface area (Å²) >= 11 is 0. The molecule has 108 valence electrons. The van der Waals surface area contributed by atoms with Gasteiger partial charge >= 0.3 is 0 Å². The van der Waals surface area contributed by atoms with E-state index in [-0.39, 0.29) is 18.6 Å². The minimum absolute atomic E-state index is 0.152. The summed E-state index contributed by atoms with van der Waals surface area (Å²) in [6.45, 7) is 3.53. The second-order valence-electron chi connectivity index (χ2n) is 5.19. The Balaban J connectivity index is 2.45. The number of likely N-dealkylation sites (N-methyl/N-ethyl adjacent to an activating group) is 1. The van der Waals surface area contributed by atoms with Crippen molar-refractivity contribution in [3.8, 4) is 0 Å². The summed E-state index contributed by atoms with van der Waals surface area (Å²) in [6, 6.07) is 0.162. The molecule has 0 amide bonds. The summed E-state index contributed by atoms with van der Waals surface area (Å²) in [4.78, 5) is 1.97. The van der Waals surface area contributed by atoms with Gasteiger partial charge in [-0.05, 0) is 39.8 Å². The molecule has 0 aromatic carbocycles. The lowest BCUT2D eigenvalue weighted by Gasteiger charge is -2.31. The lowest BCUT2D eigenvalue weighted by molar-refractivity contribution is 0.169. The first-order valence-electron chi connectivity index (χ1n) is 6.39. The topological polar surface area (TPSA) is 72.9 Å². The third-order valence-electron chi connectivity index (χ3n) is 3.61. The fourth-order valence-electron chi connectivity index (χ4n) is 1.83. The molecule has 18 heavy (non-hydrogen) atoms. The summed E-state index contributed by atoms with van der Waals surface area (Å²) in [5.41, 5.74) is 0. The minimum Gasteiger partial charge on any atom is -0.396 e. The van der Waals surface area contributed by atoms with Crippen molar-refractivity contribution in [1.29, 1.82) is 0 Å². The SMILES string of the molecule is CC(CNS(=O)(=O)N1CCC(CO)CC1)N(C)C. The molecule has 1 atom stereocenters. The summed E-state index contributed by atoms with van der Waals surface area (Å²) in [5.74, 6) is 0.247. The largest absolute Gasteiger partial charge is 0.396 e. The van der Waals surface area contributed by atoms with Crippen molar-refractivity contribution in [2.45, 2.75) is 25.8 Å². The molecule has 0 aromatic heterocycles. The molecule has 0 aromatic rings. The zero-order valence-electron chi connectivity index (χ0n) is 11.5. The van der Waals surface area contributed by atoms with Gasteiger partial charge in [0.25, 0.3) is 10.2 Å². The van der Waals surface area contributed by atoms with Gasteiger partial charge in [-0.15, -0.1) is 0 Å².